The molecule has 0 bridgehead atoms. The van der Waals surface area contributed by atoms with E-state index >= 15 is 0 Å². The first-order valence-electron chi connectivity index (χ1n) is 13.3. The molecule has 212 valence electrons. The second-order valence-electron chi connectivity index (χ2n) is 10.1. The van der Waals surface area contributed by atoms with Gasteiger partial charge in [-0.1, -0.05) is 48.5 Å². The maximum Gasteiger partial charge on any atom is 0.273 e. The molecular weight excluding hydrogens is 540 g/mol. The van der Waals surface area contributed by atoms with Crippen LogP contribution in [0.4, 0.5) is 17.1 Å². The van der Waals surface area contributed by atoms with Crippen LogP contribution in [0, 0.1) is 0 Å². The van der Waals surface area contributed by atoms with Gasteiger partial charge < -0.3 is 26.4 Å². The SMILES string of the molecule is CN(C)c1ccc([C@H](C(=O)NC[C@@H]2CCCO2)N(C(=O)c2snc(C(N)=O)c2N)c2cccc3ccccc23)cc1. The number of nitrogens with two attached hydrogens (primary N) is 2. The lowest BCUT2D eigenvalue weighted by Crippen LogP contribution is -2.45. The minimum Gasteiger partial charge on any atom is -0.395 e. The number of fused-ring (bicyclic) bond motifs is 1. The van der Waals surface area contributed by atoms with Crippen molar-refractivity contribution in [3.05, 3.63) is 82.9 Å². The monoisotopic (exact) mass is 572 g/mol. The number of anilines is 3. The fourth-order valence-corrected chi connectivity index (χ4v) is 5.75. The Labute approximate surface area is 242 Å². The Morgan fingerprint density at radius 2 is 1.80 bits per heavy atom. The van der Waals surface area contributed by atoms with Crippen molar-refractivity contribution in [1.82, 2.24) is 9.69 Å². The first kappa shape index (κ1) is 28.1. The molecule has 5 rings (SSSR count). The van der Waals surface area contributed by atoms with Crippen LogP contribution in [0.25, 0.3) is 10.8 Å². The highest BCUT2D eigenvalue weighted by Gasteiger charge is 2.37. The van der Waals surface area contributed by atoms with Gasteiger partial charge in [-0.15, -0.1) is 0 Å². The number of carbonyl (C=O) groups is 3. The summed E-state index contributed by atoms with van der Waals surface area (Å²) in [6.45, 7) is 0.973. The Bertz CT molecular complexity index is 1570. The van der Waals surface area contributed by atoms with E-state index in [0.29, 0.717) is 24.4 Å². The predicted octanol–water partition coefficient (Wildman–Crippen LogP) is 3.73. The Hall–Kier alpha value is -4.48. The second-order valence-corrected chi connectivity index (χ2v) is 10.9. The number of rotatable bonds is 9. The number of carbonyl (C=O) groups excluding carboxylic acids is 3. The first-order valence-corrected chi connectivity index (χ1v) is 14.1. The van der Waals surface area contributed by atoms with E-state index in [1.165, 1.54) is 4.90 Å². The lowest BCUT2D eigenvalue weighted by Gasteiger charge is -2.32. The highest BCUT2D eigenvalue weighted by atomic mass is 32.1. The maximum atomic E-state index is 14.5. The average molecular weight is 573 g/mol. The van der Waals surface area contributed by atoms with E-state index < -0.39 is 17.9 Å². The molecule has 1 aromatic heterocycles. The molecule has 2 atom stereocenters. The summed E-state index contributed by atoms with van der Waals surface area (Å²) in [4.78, 5) is 43.9. The largest absolute Gasteiger partial charge is 0.395 e. The van der Waals surface area contributed by atoms with Gasteiger partial charge in [0, 0.05) is 38.3 Å². The van der Waals surface area contributed by atoms with Crippen molar-refractivity contribution >= 4 is 57.1 Å². The molecule has 0 saturated carbocycles. The van der Waals surface area contributed by atoms with E-state index in [1.54, 1.807) is 6.07 Å². The predicted molar refractivity (Wildman–Crippen MR) is 161 cm³/mol. The third kappa shape index (κ3) is 5.72. The van der Waals surface area contributed by atoms with Crippen LogP contribution >= 0.6 is 11.5 Å². The maximum absolute atomic E-state index is 14.5. The molecule has 0 radical (unpaired) electrons. The highest BCUT2D eigenvalue weighted by molar-refractivity contribution is 7.09. The fraction of sp³-hybridized carbons (Fsp3) is 0.267. The molecule has 10 nitrogen and oxygen atoms in total. The summed E-state index contributed by atoms with van der Waals surface area (Å²) in [5, 5.41) is 4.67. The van der Waals surface area contributed by atoms with Gasteiger partial charge in [0.05, 0.1) is 17.5 Å². The summed E-state index contributed by atoms with van der Waals surface area (Å²) >= 11 is 0.780. The van der Waals surface area contributed by atoms with E-state index in [9.17, 15) is 14.4 Å². The van der Waals surface area contributed by atoms with E-state index in [4.69, 9.17) is 16.2 Å². The molecule has 0 spiro atoms. The number of nitrogen functional groups attached to an aromatic ring is 1. The van der Waals surface area contributed by atoms with Gasteiger partial charge in [-0.25, -0.2) is 0 Å². The molecule has 41 heavy (non-hydrogen) atoms. The summed E-state index contributed by atoms with van der Waals surface area (Å²) in [7, 11) is 3.85. The molecule has 4 aromatic rings. The zero-order valence-electron chi connectivity index (χ0n) is 22.9. The Kier molecular flexibility index (Phi) is 8.18. The highest BCUT2D eigenvalue weighted by Crippen LogP contribution is 2.37. The average Bonchev–Trinajstić information content (AvgIpc) is 3.64. The number of benzene rings is 3. The molecular formula is C30H32N6O4S. The molecule has 2 heterocycles. The van der Waals surface area contributed by atoms with Crippen molar-refractivity contribution in [2.75, 3.05) is 42.8 Å². The molecule has 1 fully saturated rings. The zero-order valence-corrected chi connectivity index (χ0v) is 23.7. The fourth-order valence-electron chi connectivity index (χ4n) is 5.01. The van der Waals surface area contributed by atoms with Crippen LogP contribution < -0.4 is 26.6 Å². The van der Waals surface area contributed by atoms with Crippen LogP contribution in [0.3, 0.4) is 0 Å². The number of ether oxygens (including phenoxy) is 1. The Balaban J connectivity index is 1.68. The van der Waals surface area contributed by atoms with Gasteiger partial charge in [-0.2, -0.15) is 4.37 Å². The van der Waals surface area contributed by atoms with E-state index in [0.717, 1.165) is 40.8 Å². The summed E-state index contributed by atoms with van der Waals surface area (Å²) in [5.41, 5.74) is 13.4. The van der Waals surface area contributed by atoms with E-state index in [-0.39, 0.29) is 28.3 Å². The van der Waals surface area contributed by atoms with Crippen molar-refractivity contribution in [2.45, 2.75) is 25.0 Å². The quantitative estimate of drug-likeness (QED) is 0.277. The summed E-state index contributed by atoms with van der Waals surface area (Å²) in [6, 6.07) is 19.6. The number of nitrogens with zero attached hydrogens (tertiary/aromatic N) is 3. The van der Waals surface area contributed by atoms with Gasteiger partial charge in [0.1, 0.15) is 10.9 Å². The smallest absolute Gasteiger partial charge is 0.273 e. The molecule has 1 aliphatic rings. The van der Waals surface area contributed by atoms with Crippen LogP contribution in [0.5, 0.6) is 0 Å². The number of primary amides is 1. The van der Waals surface area contributed by atoms with Gasteiger partial charge in [0.2, 0.25) is 5.91 Å². The lowest BCUT2D eigenvalue weighted by molar-refractivity contribution is -0.123. The normalized spacial score (nSPS) is 15.4. The van der Waals surface area contributed by atoms with Gasteiger partial charge >= 0.3 is 0 Å². The molecule has 0 unspecified atom stereocenters. The molecule has 1 aliphatic heterocycles. The molecule has 5 N–H and O–H groups in total. The minimum atomic E-state index is -1.08. The van der Waals surface area contributed by atoms with Gasteiger partial charge in [-0.3, -0.25) is 19.3 Å². The summed E-state index contributed by atoms with van der Waals surface area (Å²) in [5.74, 6) is -1.78. The summed E-state index contributed by atoms with van der Waals surface area (Å²) < 4.78 is 9.77. The Morgan fingerprint density at radius 3 is 2.46 bits per heavy atom. The molecule has 11 heteroatoms. The zero-order chi connectivity index (χ0) is 29.1. The lowest BCUT2D eigenvalue weighted by atomic mass is 9.99. The van der Waals surface area contributed by atoms with Crippen molar-refractivity contribution in [1.29, 1.82) is 0 Å². The van der Waals surface area contributed by atoms with Crippen LogP contribution in [0.2, 0.25) is 0 Å². The number of hydrogen-bond acceptors (Lipinski definition) is 8. The first-order chi connectivity index (χ1) is 19.8. The van der Waals surface area contributed by atoms with Crippen molar-refractivity contribution in [3.8, 4) is 0 Å². The van der Waals surface area contributed by atoms with Crippen LogP contribution in [0.1, 0.15) is 44.6 Å². The van der Waals surface area contributed by atoms with Crippen LogP contribution in [-0.4, -0.2) is 55.4 Å². The molecule has 3 amide bonds. The summed E-state index contributed by atoms with van der Waals surface area (Å²) in [6.07, 6.45) is 1.69. The number of amides is 3. The molecule has 1 saturated heterocycles. The van der Waals surface area contributed by atoms with Gasteiger partial charge in [0.25, 0.3) is 11.8 Å². The van der Waals surface area contributed by atoms with E-state index in [2.05, 4.69) is 9.69 Å². The van der Waals surface area contributed by atoms with Crippen LogP contribution in [0.15, 0.2) is 66.7 Å². The van der Waals surface area contributed by atoms with E-state index in [1.807, 2.05) is 79.7 Å². The Morgan fingerprint density at radius 1 is 1.07 bits per heavy atom. The van der Waals surface area contributed by atoms with Crippen molar-refractivity contribution < 1.29 is 19.1 Å². The standard InChI is InChI=1S/C30H32N6O4S/c1-35(2)20-14-12-19(13-15-20)26(29(38)33-17-21-9-6-16-40-21)36(23-11-5-8-18-7-3-4-10-22(18)23)30(39)27-24(31)25(28(32)37)34-41-27/h3-5,7-8,10-15,21,26H,6,9,16-17,31H2,1-2H3,(H2,32,37)(H,33,38)/t21-,26+/m0/s1. The van der Waals surface area contributed by atoms with Crippen molar-refractivity contribution in [2.24, 2.45) is 5.73 Å². The van der Waals surface area contributed by atoms with Crippen LogP contribution in [-0.2, 0) is 9.53 Å². The number of aromatic nitrogens is 1. The van der Waals surface area contributed by atoms with Gasteiger partial charge in [0.15, 0.2) is 5.69 Å². The minimum absolute atomic E-state index is 0.0218. The topological polar surface area (TPSA) is 144 Å². The third-order valence-corrected chi connectivity index (χ3v) is 8.01. The third-order valence-electron chi connectivity index (χ3n) is 7.16. The molecule has 3 aromatic carbocycles. The van der Waals surface area contributed by atoms with Crippen molar-refractivity contribution in [3.63, 3.8) is 0 Å². The number of nitrogens with one attached hydrogen (secondary N) is 1. The number of hydrogen-bond donors (Lipinski definition) is 3. The van der Waals surface area contributed by atoms with Gasteiger partial charge in [-0.05, 0) is 53.5 Å². The second kappa shape index (κ2) is 11.9. The molecule has 0 aliphatic carbocycles.